The molecule has 0 aliphatic carbocycles. The number of carbonyl (C=O) groups is 1. The van der Waals surface area contributed by atoms with E-state index >= 15 is 0 Å². The Kier molecular flexibility index (Phi) is 4.63. The molecule has 4 rings (SSSR count). The van der Waals surface area contributed by atoms with Crippen LogP contribution in [0.4, 0.5) is 5.69 Å². The monoisotopic (exact) mass is 377 g/mol. The van der Waals surface area contributed by atoms with Gasteiger partial charge in [0.25, 0.3) is 5.91 Å². The molecule has 0 aliphatic heterocycles. The zero-order chi connectivity index (χ0) is 18.6. The normalized spacial score (nSPS) is 10.6. The van der Waals surface area contributed by atoms with Crippen molar-refractivity contribution >= 4 is 22.9 Å². The third kappa shape index (κ3) is 3.85. The summed E-state index contributed by atoms with van der Waals surface area (Å²) in [7, 11) is 1.83. The molecule has 0 spiro atoms. The molecular weight excluding hydrogens is 362 g/mol. The van der Waals surface area contributed by atoms with Crippen molar-refractivity contribution in [1.82, 2.24) is 19.7 Å². The Balaban J connectivity index is 1.53. The molecule has 0 saturated heterocycles. The Morgan fingerprint density at radius 2 is 2.04 bits per heavy atom. The molecule has 0 bridgehead atoms. The molecule has 27 heavy (non-hydrogen) atoms. The summed E-state index contributed by atoms with van der Waals surface area (Å²) in [6, 6.07) is 11.0. The number of hydrogen-bond acceptors (Lipinski definition) is 6. The predicted octanol–water partition coefficient (Wildman–Crippen LogP) is 3.98. The largest absolute Gasteiger partial charge is 0.455 e. The van der Waals surface area contributed by atoms with E-state index in [1.165, 1.54) is 11.3 Å². The van der Waals surface area contributed by atoms with Gasteiger partial charge in [-0.25, -0.2) is 4.98 Å². The highest BCUT2D eigenvalue weighted by atomic mass is 32.1. The maximum absolute atomic E-state index is 12.6. The van der Waals surface area contributed by atoms with Crippen LogP contribution in [0.3, 0.4) is 0 Å². The average Bonchev–Trinajstić information content (AvgIpc) is 3.33. The SMILES string of the molecule is Cn1cc(-c2nc(C(=O)Nc3cnccc3Oc3ccccc3)cs2)cn1. The first kappa shape index (κ1) is 16.9. The fourth-order valence-corrected chi connectivity index (χ4v) is 3.18. The lowest BCUT2D eigenvalue weighted by Gasteiger charge is -2.11. The summed E-state index contributed by atoms with van der Waals surface area (Å²) < 4.78 is 7.53. The minimum Gasteiger partial charge on any atom is -0.455 e. The number of anilines is 1. The molecule has 1 aromatic carbocycles. The second kappa shape index (κ2) is 7.38. The number of hydrogen-bond donors (Lipinski definition) is 1. The van der Waals surface area contributed by atoms with Gasteiger partial charge in [-0.2, -0.15) is 5.10 Å². The summed E-state index contributed by atoms with van der Waals surface area (Å²) in [5, 5.41) is 9.39. The molecule has 7 nitrogen and oxygen atoms in total. The summed E-state index contributed by atoms with van der Waals surface area (Å²) in [6.07, 6.45) is 6.72. The van der Waals surface area contributed by atoms with Crippen molar-refractivity contribution in [2.24, 2.45) is 7.05 Å². The number of nitrogens with one attached hydrogen (secondary N) is 1. The van der Waals surface area contributed by atoms with Crippen molar-refractivity contribution in [1.29, 1.82) is 0 Å². The number of amides is 1. The maximum Gasteiger partial charge on any atom is 0.275 e. The van der Waals surface area contributed by atoms with Gasteiger partial charge < -0.3 is 10.1 Å². The van der Waals surface area contributed by atoms with E-state index in [9.17, 15) is 4.79 Å². The van der Waals surface area contributed by atoms with Crippen LogP contribution in [-0.4, -0.2) is 25.7 Å². The number of nitrogens with zero attached hydrogens (tertiary/aromatic N) is 4. The minimum atomic E-state index is -0.327. The molecule has 0 fully saturated rings. The zero-order valence-corrected chi connectivity index (χ0v) is 15.2. The van der Waals surface area contributed by atoms with Crippen LogP contribution in [-0.2, 0) is 7.05 Å². The summed E-state index contributed by atoms with van der Waals surface area (Å²) in [4.78, 5) is 21.1. The number of thiazole rings is 1. The smallest absolute Gasteiger partial charge is 0.275 e. The highest BCUT2D eigenvalue weighted by Gasteiger charge is 2.15. The van der Waals surface area contributed by atoms with Gasteiger partial charge >= 0.3 is 0 Å². The molecule has 8 heteroatoms. The number of rotatable bonds is 5. The van der Waals surface area contributed by atoms with Crippen molar-refractivity contribution in [3.05, 3.63) is 72.3 Å². The van der Waals surface area contributed by atoms with Gasteiger partial charge in [-0.1, -0.05) is 18.2 Å². The van der Waals surface area contributed by atoms with Crippen molar-refractivity contribution in [2.75, 3.05) is 5.32 Å². The Morgan fingerprint density at radius 3 is 2.81 bits per heavy atom. The standard InChI is InChI=1S/C19H15N5O2S/c1-24-11-13(9-21-24)19-23-16(12-27-19)18(25)22-15-10-20-8-7-17(15)26-14-5-3-2-4-6-14/h2-12H,1H3,(H,22,25). The van der Waals surface area contributed by atoms with Crippen LogP contribution in [0.25, 0.3) is 10.6 Å². The number of aromatic nitrogens is 4. The van der Waals surface area contributed by atoms with Gasteiger partial charge in [0.2, 0.25) is 0 Å². The third-order valence-corrected chi connectivity index (χ3v) is 4.58. The Labute approximate surface area is 159 Å². The first-order valence-corrected chi connectivity index (χ1v) is 9.00. The number of para-hydroxylation sites is 1. The number of pyridine rings is 1. The lowest BCUT2D eigenvalue weighted by atomic mass is 10.3. The van der Waals surface area contributed by atoms with E-state index in [-0.39, 0.29) is 5.91 Å². The molecule has 134 valence electrons. The van der Waals surface area contributed by atoms with Crippen LogP contribution in [0.5, 0.6) is 11.5 Å². The highest BCUT2D eigenvalue weighted by Crippen LogP contribution is 2.29. The summed E-state index contributed by atoms with van der Waals surface area (Å²) >= 11 is 1.39. The van der Waals surface area contributed by atoms with Crippen LogP contribution < -0.4 is 10.1 Å². The van der Waals surface area contributed by atoms with Gasteiger partial charge in [-0.05, 0) is 12.1 Å². The summed E-state index contributed by atoms with van der Waals surface area (Å²) in [6.45, 7) is 0. The van der Waals surface area contributed by atoms with E-state index in [1.54, 1.807) is 34.7 Å². The fraction of sp³-hybridized carbons (Fsp3) is 0.0526. The Hall–Kier alpha value is -3.52. The van der Waals surface area contributed by atoms with Crippen LogP contribution in [0.1, 0.15) is 10.5 Å². The molecule has 1 amide bonds. The first-order chi connectivity index (χ1) is 13.2. The number of carbonyl (C=O) groups excluding carboxylic acids is 1. The first-order valence-electron chi connectivity index (χ1n) is 8.12. The lowest BCUT2D eigenvalue weighted by Crippen LogP contribution is -2.13. The molecule has 0 saturated carbocycles. The molecule has 0 radical (unpaired) electrons. The van der Waals surface area contributed by atoms with E-state index in [2.05, 4.69) is 20.4 Å². The van der Waals surface area contributed by atoms with Crippen molar-refractivity contribution in [2.45, 2.75) is 0 Å². The third-order valence-electron chi connectivity index (χ3n) is 3.69. The van der Waals surface area contributed by atoms with Crippen molar-refractivity contribution in [3.63, 3.8) is 0 Å². The molecular formula is C19H15N5O2S. The molecule has 0 unspecified atom stereocenters. The molecule has 0 atom stereocenters. The average molecular weight is 377 g/mol. The van der Waals surface area contributed by atoms with Crippen LogP contribution >= 0.6 is 11.3 Å². The second-order valence-electron chi connectivity index (χ2n) is 5.68. The molecule has 0 aliphatic rings. The highest BCUT2D eigenvalue weighted by molar-refractivity contribution is 7.13. The summed E-state index contributed by atoms with van der Waals surface area (Å²) in [5.74, 6) is 0.853. The number of aryl methyl sites for hydroxylation is 1. The predicted molar refractivity (Wildman–Crippen MR) is 103 cm³/mol. The molecule has 3 aromatic heterocycles. The van der Waals surface area contributed by atoms with Crippen molar-refractivity contribution in [3.8, 4) is 22.1 Å². The fourth-order valence-electron chi connectivity index (χ4n) is 2.41. The minimum absolute atomic E-state index is 0.327. The van der Waals surface area contributed by atoms with Crippen LogP contribution in [0, 0.1) is 0 Å². The van der Waals surface area contributed by atoms with E-state index in [4.69, 9.17) is 4.74 Å². The second-order valence-corrected chi connectivity index (χ2v) is 6.54. The van der Waals surface area contributed by atoms with Crippen molar-refractivity contribution < 1.29 is 9.53 Å². The molecule has 1 N–H and O–H groups in total. The van der Waals surface area contributed by atoms with Gasteiger partial charge in [0.15, 0.2) is 5.75 Å². The quantitative estimate of drug-likeness (QED) is 0.569. The number of benzene rings is 1. The van der Waals surface area contributed by atoms with Gasteiger partial charge in [0.1, 0.15) is 22.1 Å². The van der Waals surface area contributed by atoms with E-state index in [0.717, 1.165) is 10.6 Å². The zero-order valence-electron chi connectivity index (χ0n) is 14.4. The van der Waals surface area contributed by atoms with Gasteiger partial charge in [0.05, 0.1) is 12.4 Å². The van der Waals surface area contributed by atoms with E-state index < -0.39 is 0 Å². The molecule has 4 aromatic rings. The lowest BCUT2D eigenvalue weighted by molar-refractivity contribution is 0.102. The summed E-state index contributed by atoms with van der Waals surface area (Å²) in [5.41, 5.74) is 1.67. The number of ether oxygens (including phenoxy) is 1. The van der Waals surface area contributed by atoms with Gasteiger partial charge in [-0.15, -0.1) is 11.3 Å². The van der Waals surface area contributed by atoms with Gasteiger partial charge in [-0.3, -0.25) is 14.5 Å². The Bertz CT molecular complexity index is 1070. The van der Waals surface area contributed by atoms with E-state index in [1.807, 2.05) is 43.6 Å². The van der Waals surface area contributed by atoms with Crippen LogP contribution in [0.2, 0.25) is 0 Å². The maximum atomic E-state index is 12.6. The topological polar surface area (TPSA) is 81.9 Å². The van der Waals surface area contributed by atoms with E-state index in [0.29, 0.717) is 22.9 Å². The van der Waals surface area contributed by atoms with Crippen LogP contribution in [0.15, 0.2) is 66.6 Å². The Morgan fingerprint density at radius 1 is 1.19 bits per heavy atom. The molecule has 3 heterocycles. The van der Waals surface area contributed by atoms with Gasteiger partial charge in [0, 0.05) is 36.5 Å².